The highest BCUT2D eigenvalue weighted by molar-refractivity contribution is 5.82. The van der Waals surface area contributed by atoms with E-state index in [-0.39, 0.29) is 11.9 Å². The van der Waals surface area contributed by atoms with Crippen LogP contribution in [0.15, 0.2) is 60.7 Å². The van der Waals surface area contributed by atoms with Gasteiger partial charge in [0.25, 0.3) is 0 Å². The molecule has 1 aliphatic rings. The SMILES string of the molecule is Cc1cc(C)c(C[C@H](N)C(=O)N[C@@H]2CC[C@H](C)c3ccc(Cc4ccccc4)cc32)c(C)c1. The molecule has 0 unspecified atom stereocenters. The average molecular weight is 441 g/mol. The van der Waals surface area contributed by atoms with E-state index in [0.717, 1.165) is 19.3 Å². The van der Waals surface area contributed by atoms with Gasteiger partial charge in [0, 0.05) is 0 Å². The first kappa shape index (κ1) is 23.3. The van der Waals surface area contributed by atoms with Crippen LogP contribution in [0.5, 0.6) is 0 Å². The first-order valence-corrected chi connectivity index (χ1v) is 12.1. The van der Waals surface area contributed by atoms with Crippen LogP contribution in [-0.2, 0) is 17.6 Å². The van der Waals surface area contributed by atoms with Gasteiger partial charge in [-0.2, -0.15) is 0 Å². The van der Waals surface area contributed by atoms with Crippen molar-refractivity contribution in [2.75, 3.05) is 0 Å². The Balaban J connectivity index is 1.51. The molecule has 4 rings (SSSR count). The molecule has 33 heavy (non-hydrogen) atoms. The number of rotatable bonds is 6. The van der Waals surface area contributed by atoms with Gasteiger partial charge < -0.3 is 11.1 Å². The minimum atomic E-state index is -0.555. The number of amides is 1. The highest BCUT2D eigenvalue weighted by atomic mass is 16.2. The summed E-state index contributed by atoms with van der Waals surface area (Å²) in [4.78, 5) is 13.1. The van der Waals surface area contributed by atoms with E-state index in [1.165, 1.54) is 44.5 Å². The third kappa shape index (κ3) is 5.36. The molecular weight excluding hydrogens is 404 g/mol. The molecule has 0 saturated carbocycles. The van der Waals surface area contributed by atoms with Gasteiger partial charge in [-0.15, -0.1) is 0 Å². The second-order valence-corrected chi connectivity index (χ2v) is 9.85. The molecule has 0 aromatic heterocycles. The Hall–Kier alpha value is -2.91. The van der Waals surface area contributed by atoms with E-state index in [2.05, 4.69) is 87.6 Å². The minimum Gasteiger partial charge on any atom is -0.348 e. The third-order valence-electron chi connectivity index (χ3n) is 7.11. The van der Waals surface area contributed by atoms with Crippen molar-refractivity contribution in [3.63, 3.8) is 0 Å². The zero-order valence-corrected chi connectivity index (χ0v) is 20.3. The van der Waals surface area contributed by atoms with Gasteiger partial charge in [0.1, 0.15) is 0 Å². The number of aryl methyl sites for hydroxylation is 3. The van der Waals surface area contributed by atoms with Crippen LogP contribution in [0, 0.1) is 20.8 Å². The number of nitrogens with two attached hydrogens (primary N) is 1. The standard InChI is InChI=1S/C30H36N2O/c1-19-14-21(3)26(22(4)15-19)18-28(31)30(33)32-29-13-10-20(2)25-12-11-24(17-27(25)29)16-23-8-6-5-7-9-23/h5-9,11-12,14-15,17,20,28-29H,10,13,16,18,31H2,1-4H3,(H,32,33)/t20-,28-,29+/m0/s1. The molecule has 0 saturated heterocycles. The number of hydrogen-bond acceptors (Lipinski definition) is 2. The monoisotopic (exact) mass is 440 g/mol. The van der Waals surface area contributed by atoms with E-state index in [1.807, 2.05) is 6.07 Å². The zero-order valence-electron chi connectivity index (χ0n) is 20.3. The lowest BCUT2D eigenvalue weighted by Crippen LogP contribution is -2.44. The van der Waals surface area contributed by atoms with Gasteiger partial charge in [0.05, 0.1) is 12.1 Å². The predicted octanol–water partition coefficient (Wildman–Crippen LogP) is 5.83. The summed E-state index contributed by atoms with van der Waals surface area (Å²) in [6, 6.07) is 21.1. The molecule has 3 atom stereocenters. The smallest absolute Gasteiger partial charge is 0.237 e. The average Bonchev–Trinajstić information content (AvgIpc) is 2.78. The Morgan fingerprint density at radius 1 is 0.939 bits per heavy atom. The van der Waals surface area contributed by atoms with Gasteiger partial charge in [0.15, 0.2) is 0 Å². The van der Waals surface area contributed by atoms with E-state index in [0.29, 0.717) is 12.3 Å². The van der Waals surface area contributed by atoms with Crippen LogP contribution in [-0.4, -0.2) is 11.9 Å². The molecule has 0 fully saturated rings. The molecule has 0 radical (unpaired) electrons. The van der Waals surface area contributed by atoms with Crippen molar-refractivity contribution in [2.24, 2.45) is 5.73 Å². The molecule has 1 amide bonds. The Labute approximate surface area is 198 Å². The molecule has 0 spiro atoms. The summed E-state index contributed by atoms with van der Waals surface area (Å²) in [6.07, 6.45) is 3.48. The van der Waals surface area contributed by atoms with E-state index in [9.17, 15) is 4.79 Å². The molecule has 3 aromatic rings. The second kappa shape index (κ2) is 9.93. The lowest BCUT2D eigenvalue weighted by atomic mass is 9.79. The molecule has 3 N–H and O–H groups in total. The van der Waals surface area contributed by atoms with Gasteiger partial charge in [0.2, 0.25) is 5.91 Å². The molecular formula is C30H36N2O. The quantitative estimate of drug-likeness (QED) is 0.507. The Morgan fingerprint density at radius 2 is 1.64 bits per heavy atom. The van der Waals surface area contributed by atoms with Crippen molar-refractivity contribution < 1.29 is 4.79 Å². The van der Waals surface area contributed by atoms with Gasteiger partial charge in [-0.3, -0.25) is 4.79 Å². The number of nitrogens with one attached hydrogen (secondary N) is 1. The lowest BCUT2D eigenvalue weighted by molar-refractivity contribution is -0.123. The maximum absolute atomic E-state index is 13.1. The first-order valence-electron chi connectivity index (χ1n) is 12.1. The summed E-state index contributed by atoms with van der Waals surface area (Å²) in [5.41, 5.74) is 16.4. The van der Waals surface area contributed by atoms with Crippen LogP contribution in [0.2, 0.25) is 0 Å². The molecule has 3 nitrogen and oxygen atoms in total. The first-order chi connectivity index (χ1) is 15.8. The maximum atomic E-state index is 13.1. The fourth-order valence-electron chi connectivity index (χ4n) is 5.32. The number of benzene rings is 3. The van der Waals surface area contributed by atoms with Crippen LogP contribution < -0.4 is 11.1 Å². The van der Waals surface area contributed by atoms with Gasteiger partial charge in [-0.1, -0.05) is 73.2 Å². The van der Waals surface area contributed by atoms with Crippen molar-refractivity contribution in [2.45, 2.75) is 71.4 Å². The normalized spacial score (nSPS) is 18.5. The van der Waals surface area contributed by atoms with Crippen molar-refractivity contribution >= 4 is 5.91 Å². The molecule has 1 aliphatic carbocycles. The number of fused-ring (bicyclic) bond motifs is 1. The van der Waals surface area contributed by atoms with E-state index < -0.39 is 6.04 Å². The van der Waals surface area contributed by atoms with Crippen molar-refractivity contribution in [3.8, 4) is 0 Å². The predicted molar refractivity (Wildman–Crippen MR) is 137 cm³/mol. The molecule has 0 aliphatic heterocycles. The minimum absolute atomic E-state index is 0.0192. The molecule has 0 heterocycles. The summed E-state index contributed by atoms with van der Waals surface area (Å²) in [5.74, 6) is 0.443. The summed E-state index contributed by atoms with van der Waals surface area (Å²) >= 11 is 0. The molecule has 3 heteroatoms. The summed E-state index contributed by atoms with van der Waals surface area (Å²) < 4.78 is 0. The Morgan fingerprint density at radius 3 is 2.33 bits per heavy atom. The van der Waals surface area contributed by atoms with E-state index in [1.54, 1.807) is 0 Å². The van der Waals surface area contributed by atoms with E-state index in [4.69, 9.17) is 5.73 Å². The lowest BCUT2D eigenvalue weighted by Gasteiger charge is -2.32. The van der Waals surface area contributed by atoms with E-state index >= 15 is 0 Å². The highest BCUT2D eigenvalue weighted by Gasteiger charge is 2.28. The number of hydrogen-bond donors (Lipinski definition) is 2. The van der Waals surface area contributed by atoms with Gasteiger partial charge in [-0.05, 0) is 91.3 Å². The topological polar surface area (TPSA) is 55.1 Å². The summed E-state index contributed by atoms with van der Waals surface area (Å²) in [6.45, 7) is 8.59. The molecule has 0 bridgehead atoms. The van der Waals surface area contributed by atoms with Crippen LogP contribution in [0.4, 0.5) is 0 Å². The number of carbonyl (C=O) groups excluding carboxylic acids is 1. The van der Waals surface area contributed by atoms with Crippen molar-refractivity contribution in [1.29, 1.82) is 0 Å². The Kier molecular flexibility index (Phi) is 6.99. The fraction of sp³-hybridized carbons (Fsp3) is 0.367. The van der Waals surface area contributed by atoms with Crippen molar-refractivity contribution in [3.05, 3.63) is 105 Å². The highest BCUT2D eigenvalue weighted by Crippen LogP contribution is 2.38. The van der Waals surface area contributed by atoms with Gasteiger partial charge in [-0.25, -0.2) is 0 Å². The zero-order chi connectivity index (χ0) is 23.5. The molecule has 3 aromatic carbocycles. The Bertz CT molecular complexity index is 1110. The third-order valence-corrected chi connectivity index (χ3v) is 7.11. The van der Waals surface area contributed by atoms with Crippen LogP contribution >= 0.6 is 0 Å². The van der Waals surface area contributed by atoms with Gasteiger partial charge >= 0.3 is 0 Å². The largest absolute Gasteiger partial charge is 0.348 e. The number of carbonyl (C=O) groups is 1. The van der Waals surface area contributed by atoms with Crippen molar-refractivity contribution in [1.82, 2.24) is 5.32 Å². The fourth-order valence-corrected chi connectivity index (χ4v) is 5.32. The van der Waals surface area contributed by atoms with Crippen LogP contribution in [0.25, 0.3) is 0 Å². The van der Waals surface area contributed by atoms with Crippen LogP contribution in [0.3, 0.4) is 0 Å². The maximum Gasteiger partial charge on any atom is 0.237 e. The summed E-state index contributed by atoms with van der Waals surface area (Å²) in [5, 5.41) is 3.29. The second-order valence-electron chi connectivity index (χ2n) is 9.85. The van der Waals surface area contributed by atoms with Crippen LogP contribution in [0.1, 0.15) is 76.2 Å². The summed E-state index contributed by atoms with van der Waals surface area (Å²) in [7, 11) is 0. The molecule has 172 valence electrons.